The zero-order chi connectivity index (χ0) is 14.1. The van der Waals surface area contributed by atoms with Crippen LogP contribution in [0.5, 0.6) is 0 Å². The first-order valence-corrected chi connectivity index (χ1v) is 7.71. The number of amides is 1. The zero-order valence-electron chi connectivity index (χ0n) is 11.5. The number of Topliss-reactive ketones (excluding diaryl/α,β-unsaturated/α-hetero) is 1. The van der Waals surface area contributed by atoms with Crippen molar-refractivity contribution in [3.05, 3.63) is 35.9 Å². The molecule has 0 fully saturated rings. The fourth-order valence-electron chi connectivity index (χ4n) is 1.66. The van der Waals surface area contributed by atoms with Crippen molar-refractivity contribution in [2.24, 2.45) is 0 Å². The lowest BCUT2D eigenvalue weighted by Crippen LogP contribution is -2.28. The number of ketones is 1. The summed E-state index contributed by atoms with van der Waals surface area (Å²) in [5, 5.41) is 2.68. The quantitative estimate of drug-likeness (QED) is 0.744. The summed E-state index contributed by atoms with van der Waals surface area (Å²) in [7, 11) is 0. The maximum absolute atomic E-state index is 12.2. The molecule has 104 valence electrons. The van der Waals surface area contributed by atoms with Gasteiger partial charge < -0.3 is 5.32 Å². The van der Waals surface area contributed by atoms with E-state index in [1.807, 2.05) is 44.2 Å². The minimum Gasteiger partial charge on any atom is -0.355 e. The Bertz CT molecular complexity index is 406. The van der Waals surface area contributed by atoms with Gasteiger partial charge >= 0.3 is 0 Å². The molecule has 0 radical (unpaired) electrons. The molecule has 4 heteroatoms. The zero-order valence-corrected chi connectivity index (χ0v) is 12.3. The van der Waals surface area contributed by atoms with Crippen molar-refractivity contribution in [3.63, 3.8) is 0 Å². The highest BCUT2D eigenvalue weighted by Crippen LogP contribution is 2.19. The van der Waals surface area contributed by atoms with E-state index in [4.69, 9.17) is 0 Å². The molecule has 0 heterocycles. The van der Waals surface area contributed by atoms with Gasteiger partial charge in [-0.1, -0.05) is 44.2 Å². The number of carbonyl (C=O) groups is 2. The molecule has 1 N–H and O–H groups in total. The molecular formula is C15H21NO2S. The summed E-state index contributed by atoms with van der Waals surface area (Å²) < 4.78 is 0. The van der Waals surface area contributed by atoms with Crippen molar-refractivity contribution in [3.8, 4) is 0 Å². The Morgan fingerprint density at radius 2 is 1.89 bits per heavy atom. The third-order valence-electron chi connectivity index (χ3n) is 2.71. The normalized spacial score (nSPS) is 11.9. The first-order valence-electron chi connectivity index (χ1n) is 6.66. The summed E-state index contributed by atoms with van der Waals surface area (Å²) in [5.74, 6) is 0.458. The van der Waals surface area contributed by atoms with Gasteiger partial charge in [0.1, 0.15) is 0 Å². The first kappa shape index (κ1) is 15.8. The molecule has 19 heavy (non-hydrogen) atoms. The highest BCUT2D eigenvalue weighted by atomic mass is 32.2. The molecule has 3 nitrogen and oxygen atoms in total. The molecule has 0 aromatic heterocycles. The molecule has 1 rings (SSSR count). The Hall–Kier alpha value is -1.29. The van der Waals surface area contributed by atoms with E-state index in [0.717, 1.165) is 18.4 Å². The van der Waals surface area contributed by atoms with Gasteiger partial charge in [-0.25, -0.2) is 0 Å². The second-order valence-corrected chi connectivity index (χ2v) is 5.48. The Labute approximate surface area is 119 Å². The Balaban J connectivity index is 2.50. The van der Waals surface area contributed by atoms with Crippen LogP contribution >= 0.6 is 11.8 Å². The van der Waals surface area contributed by atoms with E-state index in [9.17, 15) is 9.59 Å². The highest BCUT2D eigenvalue weighted by Gasteiger charge is 2.19. The lowest BCUT2D eigenvalue weighted by atomic mass is 10.1. The number of nitrogens with one attached hydrogen (secondary N) is 1. The molecule has 0 saturated carbocycles. The van der Waals surface area contributed by atoms with Gasteiger partial charge in [-0.15, -0.1) is 11.8 Å². The maximum atomic E-state index is 12.2. The van der Waals surface area contributed by atoms with Gasteiger partial charge in [-0.05, 0) is 12.8 Å². The van der Waals surface area contributed by atoms with Gasteiger partial charge in [0.05, 0.1) is 11.0 Å². The van der Waals surface area contributed by atoms with Gasteiger partial charge in [0.2, 0.25) is 5.91 Å². The van der Waals surface area contributed by atoms with Crippen LogP contribution in [0.1, 0.15) is 37.0 Å². The lowest BCUT2D eigenvalue weighted by molar-refractivity contribution is -0.118. The molecule has 0 spiro atoms. The molecule has 1 aromatic carbocycles. The summed E-state index contributed by atoms with van der Waals surface area (Å²) >= 11 is 1.42. The third-order valence-corrected chi connectivity index (χ3v) is 4.09. The van der Waals surface area contributed by atoms with Gasteiger partial charge in [-0.2, -0.15) is 0 Å². The van der Waals surface area contributed by atoms with E-state index < -0.39 is 0 Å². The van der Waals surface area contributed by atoms with Crippen LogP contribution in [0.15, 0.2) is 30.3 Å². The number of hydrogen-bond acceptors (Lipinski definition) is 3. The molecular weight excluding hydrogens is 258 g/mol. The molecule has 0 bridgehead atoms. The molecule has 1 aromatic rings. The van der Waals surface area contributed by atoms with Gasteiger partial charge in [0.25, 0.3) is 0 Å². The predicted molar refractivity (Wildman–Crippen MR) is 80.6 cm³/mol. The minimum atomic E-state index is -0.144. The second kappa shape index (κ2) is 8.75. The standard InChI is InChI=1S/C15H21NO2S/c1-3-10-16-14(17)11-19-13(4-2)15(18)12-8-6-5-7-9-12/h5-9,13H,3-4,10-11H2,1-2H3,(H,16,17). The van der Waals surface area contributed by atoms with Crippen LogP contribution < -0.4 is 5.32 Å². The molecule has 0 aliphatic heterocycles. The Kier molecular flexibility index (Phi) is 7.26. The predicted octanol–water partition coefficient (Wildman–Crippen LogP) is 2.91. The van der Waals surface area contributed by atoms with Gasteiger partial charge in [0, 0.05) is 12.1 Å². The molecule has 0 aliphatic rings. The molecule has 0 saturated heterocycles. The topological polar surface area (TPSA) is 46.2 Å². The number of thioether (sulfide) groups is 1. The summed E-state index contributed by atoms with van der Waals surface area (Å²) in [6, 6.07) is 9.26. The third kappa shape index (κ3) is 5.47. The van der Waals surface area contributed by atoms with E-state index in [-0.39, 0.29) is 16.9 Å². The average Bonchev–Trinajstić information content (AvgIpc) is 2.46. The van der Waals surface area contributed by atoms with Crippen LogP contribution in [0.2, 0.25) is 0 Å². The van der Waals surface area contributed by atoms with Crippen molar-refractivity contribution in [2.75, 3.05) is 12.3 Å². The monoisotopic (exact) mass is 279 g/mol. The van der Waals surface area contributed by atoms with Crippen molar-refractivity contribution in [2.45, 2.75) is 31.9 Å². The number of rotatable bonds is 8. The smallest absolute Gasteiger partial charge is 0.230 e. The number of benzene rings is 1. The molecule has 1 atom stereocenters. The van der Waals surface area contributed by atoms with E-state index >= 15 is 0 Å². The Morgan fingerprint density at radius 3 is 2.47 bits per heavy atom. The number of hydrogen-bond donors (Lipinski definition) is 1. The molecule has 0 aliphatic carbocycles. The van der Waals surface area contributed by atoms with Crippen LogP contribution in [-0.2, 0) is 4.79 Å². The van der Waals surface area contributed by atoms with E-state index in [1.165, 1.54) is 11.8 Å². The van der Waals surface area contributed by atoms with Gasteiger partial charge in [-0.3, -0.25) is 9.59 Å². The first-order chi connectivity index (χ1) is 9.19. The Morgan fingerprint density at radius 1 is 1.21 bits per heavy atom. The van der Waals surface area contributed by atoms with Crippen molar-refractivity contribution < 1.29 is 9.59 Å². The second-order valence-electron chi connectivity index (χ2n) is 4.29. The largest absolute Gasteiger partial charge is 0.355 e. The van der Waals surface area contributed by atoms with E-state index in [0.29, 0.717) is 12.3 Å². The average molecular weight is 279 g/mol. The van der Waals surface area contributed by atoms with Crippen molar-refractivity contribution in [1.29, 1.82) is 0 Å². The van der Waals surface area contributed by atoms with Crippen molar-refractivity contribution in [1.82, 2.24) is 5.32 Å². The van der Waals surface area contributed by atoms with Crippen LogP contribution in [-0.4, -0.2) is 29.2 Å². The molecule has 1 unspecified atom stereocenters. The fraction of sp³-hybridized carbons (Fsp3) is 0.467. The van der Waals surface area contributed by atoms with Crippen LogP contribution in [0.4, 0.5) is 0 Å². The van der Waals surface area contributed by atoms with Crippen LogP contribution in [0.25, 0.3) is 0 Å². The SMILES string of the molecule is CCCNC(=O)CSC(CC)C(=O)c1ccccc1. The summed E-state index contributed by atoms with van der Waals surface area (Å²) in [6.07, 6.45) is 1.66. The summed E-state index contributed by atoms with van der Waals surface area (Å²) in [5.41, 5.74) is 0.718. The number of carbonyl (C=O) groups excluding carboxylic acids is 2. The van der Waals surface area contributed by atoms with E-state index in [2.05, 4.69) is 5.32 Å². The highest BCUT2D eigenvalue weighted by molar-refractivity contribution is 8.01. The maximum Gasteiger partial charge on any atom is 0.230 e. The lowest BCUT2D eigenvalue weighted by Gasteiger charge is -2.13. The fourth-order valence-corrected chi connectivity index (χ4v) is 2.64. The van der Waals surface area contributed by atoms with Crippen molar-refractivity contribution >= 4 is 23.5 Å². The van der Waals surface area contributed by atoms with Crippen LogP contribution in [0, 0.1) is 0 Å². The van der Waals surface area contributed by atoms with Gasteiger partial charge in [0.15, 0.2) is 5.78 Å². The van der Waals surface area contributed by atoms with E-state index in [1.54, 1.807) is 0 Å². The summed E-state index contributed by atoms with van der Waals surface area (Å²) in [4.78, 5) is 23.8. The minimum absolute atomic E-state index is 0.00571. The van der Waals surface area contributed by atoms with Crippen LogP contribution in [0.3, 0.4) is 0 Å². The molecule has 1 amide bonds. The summed E-state index contributed by atoms with van der Waals surface area (Å²) in [6.45, 7) is 4.69.